The average molecular weight is 266 g/mol. The van der Waals surface area contributed by atoms with Gasteiger partial charge in [-0.25, -0.2) is 0 Å². The van der Waals surface area contributed by atoms with Crippen molar-refractivity contribution in [3.05, 3.63) is 21.9 Å². The molecular weight excluding hydrogens is 244 g/mol. The lowest BCUT2D eigenvalue weighted by molar-refractivity contribution is -0.131. The Labute approximate surface area is 113 Å². The third-order valence-corrected chi connectivity index (χ3v) is 4.79. The maximum Gasteiger partial charge on any atom is 0.236 e. The number of carbonyl (C=O) groups is 1. The number of fused-ring (bicyclic) bond motifs is 1. The summed E-state index contributed by atoms with van der Waals surface area (Å²) in [5.41, 5.74) is 1.37. The summed E-state index contributed by atoms with van der Waals surface area (Å²) in [4.78, 5) is 15.6. The molecule has 4 heteroatoms. The van der Waals surface area contributed by atoms with E-state index in [2.05, 4.69) is 37.5 Å². The Bertz CT molecular complexity index is 425. The van der Waals surface area contributed by atoms with E-state index in [9.17, 15) is 4.79 Å². The molecular formula is C14H22N2OS. The second-order valence-electron chi connectivity index (χ2n) is 5.53. The van der Waals surface area contributed by atoms with Gasteiger partial charge in [-0.3, -0.25) is 4.79 Å². The van der Waals surface area contributed by atoms with E-state index in [-0.39, 0.29) is 11.4 Å². The normalized spacial score (nSPS) is 15.6. The zero-order valence-electron chi connectivity index (χ0n) is 11.5. The first-order chi connectivity index (χ1) is 8.52. The van der Waals surface area contributed by atoms with Crippen LogP contribution < -0.4 is 5.32 Å². The Hall–Kier alpha value is -0.870. The molecule has 0 fully saturated rings. The summed E-state index contributed by atoms with van der Waals surface area (Å²) in [5.74, 6) is 0.216. The topological polar surface area (TPSA) is 32.3 Å². The van der Waals surface area contributed by atoms with E-state index >= 15 is 0 Å². The standard InChI is InChI=1S/C14H22N2OS/c1-4-14(2,3)15-9-13(17)16-7-5-12-11(10-16)6-8-18-12/h6,8,15H,4-5,7,9-10H2,1-3H3. The highest BCUT2D eigenvalue weighted by Crippen LogP contribution is 2.23. The molecule has 0 unspecified atom stereocenters. The minimum atomic E-state index is 0.0407. The third kappa shape index (κ3) is 3.12. The number of rotatable bonds is 4. The van der Waals surface area contributed by atoms with Crippen LogP contribution in [0.1, 0.15) is 37.6 Å². The van der Waals surface area contributed by atoms with Gasteiger partial charge in [0.15, 0.2) is 0 Å². The van der Waals surface area contributed by atoms with Gasteiger partial charge in [-0.15, -0.1) is 11.3 Å². The summed E-state index contributed by atoms with van der Waals surface area (Å²) in [7, 11) is 0. The van der Waals surface area contributed by atoms with Crippen molar-refractivity contribution >= 4 is 17.2 Å². The van der Waals surface area contributed by atoms with E-state index in [4.69, 9.17) is 0 Å². The molecule has 0 saturated heterocycles. The molecule has 100 valence electrons. The van der Waals surface area contributed by atoms with Gasteiger partial charge >= 0.3 is 0 Å². The number of hydrogen-bond acceptors (Lipinski definition) is 3. The molecule has 1 amide bonds. The van der Waals surface area contributed by atoms with Crippen LogP contribution in [0, 0.1) is 0 Å². The van der Waals surface area contributed by atoms with Crippen molar-refractivity contribution in [2.45, 2.75) is 45.7 Å². The summed E-state index contributed by atoms with van der Waals surface area (Å²) in [6, 6.07) is 2.14. The minimum Gasteiger partial charge on any atom is -0.337 e. The Morgan fingerprint density at radius 2 is 2.33 bits per heavy atom. The molecule has 2 heterocycles. The van der Waals surface area contributed by atoms with Gasteiger partial charge in [0.2, 0.25) is 5.91 Å². The van der Waals surface area contributed by atoms with Crippen molar-refractivity contribution in [2.75, 3.05) is 13.1 Å². The molecule has 0 radical (unpaired) electrons. The van der Waals surface area contributed by atoms with Crippen LogP contribution in [0.2, 0.25) is 0 Å². The SMILES string of the molecule is CCC(C)(C)NCC(=O)N1CCc2sccc2C1. The predicted molar refractivity (Wildman–Crippen MR) is 75.8 cm³/mol. The van der Waals surface area contributed by atoms with Gasteiger partial charge < -0.3 is 10.2 Å². The molecule has 0 saturated carbocycles. The quantitative estimate of drug-likeness (QED) is 0.907. The van der Waals surface area contributed by atoms with Crippen molar-refractivity contribution < 1.29 is 4.79 Å². The van der Waals surface area contributed by atoms with Crippen molar-refractivity contribution in [2.24, 2.45) is 0 Å². The Balaban J connectivity index is 1.88. The molecule has 0 spiro atoms. The smallest absolute Gasteiger partial charge is 0.236 e. The molecule has 1 aromatic rings. The second-order valence-corrected chi connectivity index (χ2v) is 6.53. The average Bonchev–Trinajstić information content (AvgIpc) is 2.83. The second kappa shape index (κ2) is 5.41. The zero-order valence-corrected chi connectivity index (χ0v) is 12.3. The Morgan fingerprint density at radius 3 is 3.06 bits per heavy atom. The molecule has 2 rings (SSSR count). The fourth-order valence-electron chi connectivity index (χ4n) is 2.01. The summed E-state index contributed by atoms with van der Waals surface area (Å²) in [6.45, 7) is 8.49. The molecule has 3 nitrogen and oxygen atoms in total. The van der Waals surface area contributed by atoms with Gasteiger partial charge in [-0.1, -0.05) is 6.92 Å². The number of amides is 1. The molecule has 1 aliphatic rings. The van der Waals surface area contributed by atoms with E-state index < -0.39 is 0 Å². The van der Waals surface area contributed by atoms with Crippen molar-refractivity contribution in [1.29, 1.82) is 0 Å². The summed E-state index contributed by atoms with van der Waals surface area (Å²) < 4.78 is 0. The first-order valence-corrected chi connectivity index (χ1v) is 7.48. The number of nitrogens with zero attached hydrogens (tertiary/aromatic N) is 1. The van der Waals surface area contributed by atoms with Gasteiger partial charge in [-0.05, 0) is 43.7 Å². The fraction of sp³-hybridized carbons (Fsp3) is 0.643. The number of hydrogen-bond donors (Lipinski definition) is 1. The predicted octanol–water partition coefficient (Wildman–Crippen LogP) is 2.41. The monoisotopic (exact) mass is 266 g/mol. The lowest BCUT2D eigenvalue weighted by atomic mass is 10.0. The first-order valence-electron chi connectivity index (χ1n) is 6.60. The maximum atomic E-state index is 12.2. The lowest BCUT2D eigenvalue weighted by Gasteiger charge is -2.30. The van der Waals surface area contributed by atoms with E-state index in [0.717, 1.165) is 25.9 Å². The van der Waals surface area contributed by atoms with E-state index in [1.165, 1.54) is 10.4 Å². The van der Waals surface area contributed by atoms with Gasteiger partial charge in [0.1, 0.15) is 0 Å². The molecule has 0 bridgehead atoms. The van der Waals surface area contributed by atoms with Gasteiger partial charge in [0, 0.05) is 23.5 Å². The third-order valence-electron chi connectivity index (χ3n) is 3.76. The van der Waals surface area contributed by atoms with Crippen LogP contribution in [0.25, 0.3) is 0 Å². The molecule has 1 N–H and O–H groups in total. The number of nitrogens with one attached hydrogen (secondary N) is 1. The molecule has 0 aliphatic carbocycles. The fourth-order valence-corrected chi connectivity index (χ4v) is 2.90. The minimum absolute atomic E-state index is 0.0407. The summed E-state index contributed by atoms with van der Waals surface area (Å²) in [6.07, 6.45) is 2.03. The van der Waals surface area contributed by atoms with Crippen LogP contribution in [-0.4, -0.2) is 29.4 Å². The Morgan fingerprint density at radius 1 is 1.56 bits per heavy atom. The van der Waals surface area contributed by atoms with Gasteiger partial charge in [0.05, 0.1) is 6.54 Å². The summed E-state index contributed by atoms with van der Waals surface area (Å²) >= 11 is 1.81. The number of carbonyl (C=O) groups excluding carboxylic acids is 1. The molecule has 1 aliphatic heterocycles. The molecule has 0 aromatic carbocycles. The van der Waals surface area contributed by atoms with Crippen molar-refractivity contribution in [3.63, 3.8) is 0 Å². The van der Waals surface area contributed by atoms with E-state index in [1.54, 1.807) is 11.3 Å². The molecule has 0 atom stereocenters. The lowest BCUT2D eigenvalue weighted by Crippen LogP contribution is -2.47. The highest BCUT2D eigenvalue weighted by molar-refractivity contribution is 7.10. The first kappa shape index (κ1) is 13.6. The highest BCUT2D eigenvalue weighted by Gasteiger charge is 2.23. The van der Waals surface area contributed by atoms with Crippen LogP contribution in [0.5, 0.6) is 0 Å². The van der Waals surface area contributed by atoms with Crippen LogP contribution in [0.15, 0.2) is 11.4 Å². The van der Waals surface area contributed by atoms with E-state index in [0.29, 0.717) is 6.54 Å². The van der Waals surface area contributed by atoms with Crippen LogP contribution in [0.4, 0.5) is 0 Å². The van der Waals surface area contributed by atoms with Gasteiger partial charge in [-0.2, -0.15) is 0 Å². The highest BCUT2D eigenvalue weighted by atomic mass is 32.1. The van der Waals surface area contributed by atoms with Crippen molar-refractivity contribution in [3.8, 4) is 0 Å². The van der Waals surface area contributed by atoms with E-state index in [1.807, 2.05) is 4.90 Å². The summed E-state index contributed by atoms with van der Waals surface area (Å²) in [5, 5.41) is 5.46. The molecule has 1 aromatic heterocycles. The Kier molecular flexibility index (Phi) is 4.07. The largest absolute Gasteiger partial charge is 0.337 e. The van der Waals surface area contributed by atoms with Gasteiger partial charge in [0.25, 0.3) is 0 Å². The zero-order chi connectivity index (χ0) is 13.2. The van der Waals surface area contributed by atoms with Crippen LogP contribution in [0.3, 0.4) is 0 Å². The van der Waals surface area contributed by atoms with Crippen LogP contribution >= 0.6 is 11.3 Å². The van der Waals surface area contributed by atoms with Crippen molar-refractivity contribution in [1.82, 2.24) is 10.2 Å². The maximum absolute atomic E-state index is 12.2. The molecule has 18 heavy (non-hydrogen) atoms. The van der Waals surface area contributed by atoms with Crippen LogP contribution in [-0.2, 0) is 17.8 Å². The number of thiophene rings is 1.